The average Bonchev–Trinajstić information content (AvgIpc) is 2.66. The molecule has 1 rings (SSSR count). The van der Waals surface area contributed by atoms with Crippen molar-refractivity contribution in [2.75, 3.05) is 6.61 Å². The summed E-state index contributed by atoms with van der Waals surface area (Å²) in [6, 6.07) is 1.82. The molecule has 1 aromatic carbocycles. The summed E-state index contributed by atoms with van der Waals surface area (Å²) in [7, 11) is 0. The second-order valence-corrected chi connectivity index (χ2v) is 6.50. The molecule has 0 saturated carbocycles. The highest BCUT2D eigenvalue weighted by molar-refractivity contribution is 5.87. The molecule has 0 radical (unpaired) electrons. The molecule has 1 unspecified atom stereocenters. The molecule has 1 N–H and O–H groups in total. The van der Waals surface area contributed by atoms with Crippen LogP contribution in [-0.4, -0.2) is 47.5 Å². The molecule has 1 aromatic rings. The lowest BCUT2D eigenvalue weighted by Gasteiger charge is -2.36. The van der Waals surface area contributed by atoms with Gasteiger partial charge in [0, 0.05) is 12.0 Å². The van der Waals surface area contributed by atoms with Crippen molar-refractivity contribution in [2.24, 2.45) is 0 Å². The Labute approximate surface area is 175 Å². The first-order valence-corrected chi connectivity index (χ1v) is 8.16. The van der Waals surface area contributed by atoms with Crippen molar-refractivity contribution < 1.29 is 71.7 Å². The van der Waals surface area contributed by atoms with Crippen molar-refractivity contribution in [3.05, 3.63) is 47.5 Å². The molecule has 0 aliphatic rings. The number of hydrogen-bond acceptors (Lipinski definition) is 3. The van der Waals surface area contributed by atoms with Gasteiger partial charge in [-0.05, 0) is 17.7 Å². The predicted octanol–water partition coefficient (Wildman–Crippen LogP) is 5.59. The fourth-order valence-electron chi connectivity index (χ4n) is 2.11. The quantitative estimate of drug-likeness (QED) is 0.268. The molecule has 0 bridgehead atoms. The third kappa shape index (κ3) is 5.35. The first-order valence-electron chi connectivity index (χ1n) is 8.16. The molecule has 0 amide bonds. The van der Waals surface area contributed by atoms with Gasteiger partial charge in [0.1, 0.15) is 0 Å². The van der Waals surface area contributed by atoms with Crippen LogP contribution >= 0.6 is 0 Å². The lowest BCUT2D eigenvalue weighted by molar-refractivity contribution is -0.423. The summed E-state index contributed by atoms with van der Waals surface area (Å²) in [5.41, 5.74) is -1.40. The third-order valence-corrected chi connectivity index (χ3v) is 4.05. The van der Waals surface area contributed by atoms with Gasteiger partial charge in [-0.3, -0.25) is 0 Å². The van der Waals surface area contributed by atoms with Gasteiger partial charge in [-0.2, -0.15) is 48.3 Å². The van der Waals surface area contributed by atoms with Crippen LogP contribution in [0.15, 0.2) is 30.4 Å². The predicted molar refractivity (Wildman–Crippen MR) is 81.9 cm³/mol. The van der Waals surface area contributed by atoms with Gasteiger partial charge in [-0.25, -0.2) is 13.6 Å². The number of benzene rings is 1. The van der Waals surface area contributed by atoms with E-state index in [0.717, 1.165) is 6.07 Å². The number of ether oxygens (including phenoxy) is 1. The van der Waals surface area contributed by atoms with Crippen LogP contribution in [0.25, 0.3) is 0 Å². The van der Waals surface area contributed by atoms with E-state index in [2.05, 4.69) is 11.3 Å². The fourth-order valence-corrected chi connectivity index (χ4v) is 2.11. The Morgan fingerprint density at radius 2 is 1.39 bits per heavy atom. The fraction of sp³-hybridized carbons (Fsp3) is 0.471. The Morgan fingerprint density at radius 3 is 1.85 bits per heavy atom. The Kier molecular flexibility index (Phi) is 7.80. The number of esters is 1. The normalized spacial score (nSPS) is 14.7. The lowest BCUT2D eigenvalue weighted by Crippen LogP contribution is -2.67. The first kappa shape index (κ1) is 28.5. The molecule has 3 nitrogen and oxygen atoms in total. The largest absolute Gasteiger partial charge is 0.460 e. The average molecular weight is 510 g/mol. The number of aliphatic hydroxyl groups is 1. The van der Waals surface area contributed by atoms with Gasteiger partial charge in [0.25, 0.3) is 0 Å². The number of carbonyl (C=O) groups excluding carboxylic acids is 1. The van der Waals surface area contributed by atoms with Crippen LogP contribution in [0, 0.1) is 11.6 Å². The van der Waals surface area contributed by atoms with E-state index in [1.807, 2.05) is 0 Å². The number of aliphatic hydroxyl groups excluding tert-OH is 1. The highest BCUT2D eigenvalue weighted by Gasteiger charge is 2.87. The SMILES string of the molecule is C=C(CC(O)c1ccc(F)c(F)c1)C(=O)OCC(F)(F)C(F)(F)C(F)(F)C(F)(F)C(F)(F)F. The molecule has 0 spiro atoms. The van der Waals surface area contributed by atoms with Gasteiger partial charge in [0.05, 0.1) is 6.10 Å². The summed E-state index contributed by atoms with van der Waals surface area (Å²) in [5, 5.41) is 9.77. The van der Waals surface area contributed by atoms with Crippen LogP contribution in [0.2, 0.25) is 0 Å². The van der Waals surface area contributed by atoms with E-state index in [-0.39, 0.29) is 5.56 Å². The molecule has 1 atom stereocenters. The molecule has 0 aliphatic heterocycles. The summed E-state index contributed by atoms with van der Waals surface area (Å²) < 4.78 is 171. The van der Waals surface area contributed by atoms with E-state index in [1.165, 1.54) is 0 Å². The van der Waals surface area contributed by atoms with Gasteiger partial charge >= 0.3 is 35.8 Å². The lowest BCUT2D eigenvalue weighted by atomic mass is 9.98. The summed E-state index contributed by atoms with van der Waals surface area (Å²) in [6.07, 6.45) is -10.2. The van der Waals surface area contributed by atoms with E-state index in [0.29, 0.717) is 12.1 Å². The molecule has 16 heteroatoms. The Hall–Kier alpha value is -2.52. The van der Waals surface area contributed by atoms with Crippen molar-refractivity contribution in [1.82, 2.24) is 0 Å². The minimum Gasteiger partial charge on any atom is -0.456 e. The maximum absolute atomic E-state index is 13.5. The van der Waals surface area contributed by atoms with Crippen molar-refractivity contribution >= 4 is 5.97 Å². The van der Waals surface area contributed by atoms with E-state index in [1.54, 1.807) is 0 Å². The zero-order valence-electron chi connectivity index (χ0n) is 15.6. The molecule has 188 valence electrons. The third-order valence-electron chi connectivity index (χ3n) is 4.05. The smallest absolute Gasteiger partial charge is 0.456 e. The van der Waals surface area contributed by atoms with Crippen molar-refractivity contribution in [3.8, 4) is 0 Å². The van der Waals surface area contributed by atoms with Crippen LogP contribution < -0.4 is 0 Å². The van der Waals surface area contributed by atoms with Crippen LogP contribution in [0.4, 0.5) is 57.1 Å². The van der Waals surface area contributed by atoms with Crippen molar-refractivity contribution in [2.45, 2.75) is 42.4 Å². The molecular formula is C17H11F13O3. The van der Waals surface area contributed by atoms with Crippen LogP contribution in [0.3, 0.4) is 0 Å². The molecule has 0 fully saturated rings. The maximum atomic E-state index is 13.5. The van der Waals surface area contributed by atoms with E-state index < -0.39 is 72.2 Å². The monoisotopic (exact) mass is 510 g/mol. The van der Waals surface area contributed by atoms with Crippen LogP contribution in [0.1, 0.15) is 18.1 Å². The minimum absolute atomic E-state index is 0.381. The summed E-state index contributed by atoms with van der Waals surface area (Å²) in [4.78, 5) is 11.5. The summed E-state index contributed by atoms with van der Waals surface area (Å²) >= 11 is 0. The topological polar surface area (TPSA) is 46.5 Å². The first-order chi connectivity index (χ1) is 14.6. The molecule has 0 saturated heterocycles. The maximum Gasteiger partial charge on any atom is 0.460 e. The van der Waals surface area contributed by atoms with Gasteiger partial charge in [-0.15, -0.1) is 0 Å². The van der Waals surface area contributed by atoms with Crippen LogP contribution in [-0.2, 0) is 9.53 Å². The van der Waals surface area contributed by atoms with E-state index >= 15 is 0 Å². The van der Waals surface area contributed by atoms with Gasteiger partial charge in [0.2, 0.25) is 0 Å². The van der Waals surface area contributed by atoms with Gasteiger partial charge in [-0.1, -0.05) is 12.6 Å². The zero-order chi connectivity index (χ0) is 26.2. The van der Waals surface area contributed by atoms with Crippen molar-refractivity contribution in [3.63, 3.8) is 0 Å². The molecule has 0 aliphatic carbocycles. The summed E-state index contributed by atoms with van der Waals surface area (Å²) in [5.74, 6) is -33.9. The highest BCUT2D eigenvalue weighted by Crippen LogP contribution is 2.57. The number of halogens is 13. The second kappa shape index (κ2) is 9.02. The Bertz CT molecular complexity index is 893. The number of hydrogen-bond donors (Lipinski definition) is 1. The zero-order valence-corrected chi connectivity index (χ0v) is 15.6. The molecule has 33 heavy (non-hydrogen) atoms. The van der Waals surface area contributed by atoms with E-state index in [4.69, 9.17) is 0 Å². The van der Waals surface area contributed by atoms with Crippen molar-refractivity contribution in [1.29, 1.82) is 0 Å². The van der Waals surface area contributed by atoms with Gasteiger partial charge in [0.15, 0.2) is 18.2 Å². The van der Waals surface area contributed by atoms with Gasteiger partial charge < -0.3 is 9.84 Å². The van der Waals surface area contributed by atoms with E-state index in [9.17, 15) is 67.0 Å². The standard InChI is InChI=1S/C17H11F13O3/c1-7(4-11(31)8-2-3-9(18)10(19)5-8)12(32)33-6-13(20,21)14(22,23)15(24,25)16(26,27)17(28,29)30/h2-3,5,11,31H,1,4,6H2. The Morgan fingerprint density at radius 1 is 0.879 bits per heavy atom. The summed E-state index contributed by atoms with van der Waals surface area (Å²) in [6.45, 7) is -0.189. The molecule has 0 heterocycles. The Balaban J connectivity index is 2.93. The second-order valence-electron chi connectivity index (χ2n) is 6.50. The van der Waals surface area contributed by atoms with Crippen LogP contribution in [0.5, 0.6) is 0 Å². The highest BCUT2D eigenvalue weighted by atomic mass is 19.4. The number of alkyl halides is 11. The molecular weight excluding hydrogens is 499 g/mol. The molecule has 0 aromatic heterocycles. The minimum atomic E-state index is -7.66. The number of rotatable bonds is 9. The number of carbonyl (C=O) groups is 1.